The fraction of sp³-hybridized carbons (Fsp3) is 0.273. The Bertz CT molecular complexity index is 649. The van der Waals surface area contributed by atoms with E-state index in [-0.39, 0.29) is 17.6 Å². The molecule has 0 atom stereocenters. The maximum atomic E-state index is 11.5. The Kier molecular flexibility index (Phi) is 2.26. The summed E-state index contributed by atoms with van der Waals surface area (Å²) < 4.78 is 5.43. The minimum atomic E-state index is -0.491. The molecule has 18 heavy (non-hydrogen) atoms. The molecule has 1 saturated heterocycles. The largest absolute Gasteiger partial charge is 0.423 e. The highest BCUT2D eigenvalue weighted by molar-refractivity contribution is 5.94. The van der Waals surface area contributed by atoms with Gasteiger partial charge in [0.05, 0.1) is 4.92 Å². The van der Waals surface area contributed by atoms with Gasteiger partial charge in [-0.15, -0.1) is 0 Å². The standard InChI is InChI=1S/C11H9N3O4/c15-10-2-1-5-13(10)11-12-8-6-7(14(16)17)3-4-9(8)18-11/h3-4,6H,1-2,5H2. The fourth-order valence-corrected chi connectivity index (χ4v) is 1.98. The molecule has 2 heterocycles. The highest BCUT2D eigenvalue weighted by Gasteiger charge is 2.26. The summed E-state index contributed by atoms with van der Waals surface area (Å²) in [6.45, 7) is 0.577. The number of carbonyl (C=O) groups is 1. The number of non-ortho nitro benzene ring substituents is 1. The van der Waals surface area contributed by atoms with Gasteiger partial charge in [-0.2, -0.15) is 4.98 Å². The van der Waals surface area contributed by atoms with Crippen LogP contribution in [0.4, 0.5) is 11.7 Å². The highest BCUT2D eigenvalue weighted by atomic mass is 16.6. The van der Waals surface area contributed by atoms with Gasteiger partial charge in [-0.1, -0.05) is 0 Å². The molecule has 0 unspecified atom stereocenters. The van der Waals surface area contributed by atoms with E-state index < -0.39 is 4.92 Å². The molecule has 1 fully saturated rings. The second-order valence-corrected chi connectivity index (χ2v) is 4.05. The molecule has 0 spiro atoms. The lowest BCUT2D eigenvalue weighted by Gasteiger charge is -2.08. The first-order valence-corrected chi connectivity index (χ1v) is 5.50. The third-order valence-corrected chi connectivity index (χ3v) is 2.87. The minimum absolute atomic E-state index is 0.0314. The molecule has 1 amide bonds. The van der Waals surface area contributed by atoms with Crippen molar-refractivity contribution in [2.45, 2.75) is 12.8 Å². The second-order valence-electron chi connectivity index (χ2n) is 4.05. The molecule has 1 aliphatic heterocycles. The van der Waals surface area contributed by atoms with E-state index in [1.165, 1.54) is 23.1 Å². The monoisotopic (exact) mass is 247 g/mol. The number of nitro groups is 1. The molecule has 1 aliphatic rings. The van der Waals surface area contributed by atoms with Crippen molar-refractivity contribution in [3.63, 3.8) is 0 Å². The van der Waals surface area contributed by atoms with Crippen molar-refractivity contribution in [2.24, 2.45) is 0 Å². The average Bonchev–Trinajstić information content (AvgIpc) is 2.92. The third kappa shape index (κ3) is 1.60. The summed E-state index contributed by atoms with van der Waals surface area (Å²) in [5, 5.41) is 10.6. The van der Waals surface area contributed by atoms with Gasteiger partial charge in [0.2, 0.25) is 5.91 Å². The first-order valence-electron chi connectivity index (χ1n) is 5.50. The highest BCUT2D eigenvalue weighted by Crippen LogP contribution is 2.27. The van der Waals surface area contributed by atoms with Gasteiger partial charge in [-0.3, -0.25) is 19.8 Å². The number of aromatic nitrogens is 1. The number of anilines is 1. The Morgan fingerprint density at radius 1 is 1.44 bits per heavy atom. The van der Waals surface area contributed by atoms with Crippen molar-refractivity contribution in [2.75, 3.05) is 11.4 Å². The molecule has 0 aliphatic carbocycles. The molecule has 3 rings (SSSR count). The minimum Gasteiger partial charge on any atom is -0.423 e. The second kappa shape index (κ2) is 3.80. The van der Waals surface area contributed by atoms with Crippen molar-refractivity contribution in [3.8, 4) is 0 Å². The van der Waals surface area contributed by atoms with Crippen LogP contribution in [0.5, 0.6) is 0 Å². The first-order chi connectivity index (χ1) is 8.65. The third-order valence-electron chi connectivity index (χ3n) is 2.87. The van der Waals surface area contributed by atoms with Gasteiger partial charge in [0.1, 0.15) is 5.52 Å². The molecule has 1 aromatic heterocycles. The van der Waals surface area contributed by atoms with Gasteiger partial charge >= 0.3 is 6.01 Å². The summed E-state index contributed by atoms with van der Waals surface area (Å²) in [6, 6.07) is 4.39. The molecule has 0 saturated carbocycles. The van der Waals surface area contributed by atoms with E-state index in [2.05, 4.69) is 4.98 Å². The zero-order valence-corrected chi connectivity index (χ0v) is 9.33. The van der Waals surface area contributed by atoms with Crippen LogP contribution in [0.2, 0.25) is 0 Å². The number of oxazole rings is 1. The summed E-state index contributed by atoms with van der Waals surface area (Å²) in [5.41, 5.74) is 0.782. The van der Waals surface area contributed by atoms with Gasteiger partial charge in [0.15, 0.2) is 5.58 Å². The molecule has 2 aromatic rings. The van der Waals surface area contributed by atoms with E-state index in [1.54, 1.807) is 0 Å². The normalized spacial score (nSPS) is 15.6. The van der Waals surface area contributed by atoms with Gasteiger partial charge in [0, 0.05) is 25.1 Å². The number of nitrogens with zero attached hydrogens (tertiary/aromatic N) is 3. The number of fused-ring (bicyclic) bond motifs is 1. The smallest absolute Gasteiger partial charge is 0.305 e. The number of carbonyl (C=O) groups excluding carboxylic acids is 1. The van der Waals surface area contributed by atoms with Crippen molar-refractivity contribution in [1.82, 2.24) is 4.98 Å². The van der Waals surface area contributed by atoms with Crippen LogP contribution >= 0.6 is 0 Å². The van der Waals surface area contributed by atoms with Crippen molar-refractivity contribution >= 4 is 28.7 Å². The van der Waals surface area contributed by atoms with E-state index in [1.807, 2.05) is 0 Å². The lowest BCUT2D eigenvalue weighted by Crippen LogP contribution is -2.23. The molecule has 0 bridgehead atoms. The van der Waals surface area contributed by atoms with E-state index >= 15 is 0 Å². The molecule has 7 heteroatoms. The number of amides is 1. The molecule has 0 N–H and O–H groups in total. The van der Waals surface area contributed by atoms with Crippen LogP contribution in [0.3, 0.4) is 0 Å². The Balaban J connectivity index is 2.05. The molecule has 1 aromatic carbocycles. The summed E-state index contributed by atoms with van der Waals surface area (Å²) in [7, 11) is 0. The number of benzene rings is 1. The number of rotatable bonds is 2. The summed E-state index contributed by atoms with van der Waals surface area (Å²) in [4.78, 5) is 27.3. The number of nitro benzene ring substituents is 1. The van der Waals surface area contributed by atoms with E-state index in [9.17, 15) is 14.9 Å². The summed E-state index contributed by atoms with van der Waals surface area (Å²) in [6.07, 6.45) is 1.26. The zero-order chi connectivity index (χ0) is 12.7. The SMILES string of the molecule is O=C1CCCN1c1nc2cc([N+](=O)[O-])ccc2o1. The Morgan fingerprint density at radius 2 is 2.28 bits per heavy atom. The van der Waals surface area contributed by atoms with E-state index in [0.29, 0.717) is 24.1 Å². The van der Waals surface area contributed by atoms with Crippen LogP contribution in [0.1, 0.15) is 12.8 Å². The van der Waals surface area contributed by atoms with Gasteiger partial charge in [-0.25, -0.2) is 0 Å². The molecular weight excluding hydrogens is 238 g/mol. The number of hydrogen-bond donors (Lipinski definition) is 0. The van der Waals surface area contributed by atoms with Crippen molar-refractivity contribution < 1.29 is 14.1 Å². The molecule has 0 radical (unpaired) electrons. The van der Waals surface area contributed by atoms with Gasteiger partial charge in [-0.05, 0) is 12.5 Å². The molecule has 7 nitrogen and oxygen atoms in total. The van der Waals surface area contributed by atoms with Crippen LogP contribution in [-0.4, -0.2) is 22.4 Å². The predicted molar refractivity (Wildman–Crippen MR) is 62.3 cm³/mol. The van der Waals surface area contributed by atoms with Crippen LogP contribution in [0.25, 0.3) is 11.1 Å². The zero-order valence-electron chi connectivity index (χ0n) is 9.33. The summed E-state index contributed by atoms with van der Waals surface area (Å²) in [5.74, 6) is -0.0314. The Labute approximate surface area is 101 Å². The Hall–Kier alpha value is -2.44. The van der Waals surface area contributed by atoms with Gasteiger partial charge < -0.3 is 4.42 Å². The topological polar surface area (TPSA) is 89.5 Å². The van der Waals surface area contributed by atoms with Gasteiger partial charge in [0.25, 0.3) is 5.69 Å². The predicted octanol–water partition coefficient (Wildman–Crippen LogP) is 1.86. The fourth-order valence-electron chi connectivity index (χ4n) is 1.98. The van der Waals surface area contributed by atoms with Crippen LogP contribution in [0, 0.1) is 10.1 Å². The maximum Gasteiger partial charge on any atom is 0.305 e. The van der Waals surface area contributed by atoms with Crippen molar-refractivity contribution in [1.29, 1.82) is 0 Å². The van der Waals surface area contributed by atoms with E-state index in [4.69, 9.17) is 4.42 Å². The number of hydrogen-bond acceptors (Lipinski definition) is 5. The first kappa shape index (κ1) is 10.7. The lowest BCUT2D eigenvalue weighted by molar-refractivity contribution is -0.384. The lowest BCUT2D eigenvalue weighted by atomic mass is 10.3. The maximum absolute atomic E-state index is 11.5. The molecular formula is C11H9N3O4. The van der Waals surface area contributed by atoms with Crippen LogP contribution in [0.15, 0.2) is 22.6 Å². The quantitative estimate of drug-likeness (QED) is 0.596. The van der Waals surface area contributed by atoms with Crippen LogP contribution < -0.4 is 4.90 Å². The van der Waals surface area contributed by atoms with Crippen molar-refractivity contribution in [3.05, 3.63) is 28.3 Å². The Morgan fingerprint density at radius 3 is 2.94 bits per heavy atom. The van der Waals surface area contributed by atoms with E-state index in [0.717, 1.165) is 6.42 Å². The molecule has 92 valence electrons. The average molecular weight is 247 g/mol. The van der Waals surface area contributed by atoms with Crippen LogP contribution in [-0.2, 0) is 4.79 Å². The summed E-state index contributed by atoms with van der Waals surface area (Å²) >= 11 is 0.